The molecule has 0 bridgehead atoms. The Labute approximate surface area is 108 Å². The molecule has 0 saturated heterocycles. The minimum Gasteiger partial charge on any atom is -0.385 e. The van der Waals surface area contributed by atoms with Crippen molar-refractivity contribution >= 4 is 17.1 Å². The Kier molecular flexibility index (Phi) is 4.95. The lowest BCUT2D eigenvalue weighted by Crippen LogP contribution is -2.28. The van der Waals surface area contributed by atoms with Gasteiger partial charge in [0.1, 0.15) is 0 Å². The summed E-state index contributed by atoms with van der Waals surface area (Å²) in [6, 6.07) is 5.48. The number of nitro groups is 1. The molecule has 1 N–H and O–H groups in total. The van der Waals surface area contributed by atoms with Gasteiger partial charge in [-0.1, -0.05) is 6.92 Å². The van der Waals surface area contributed by atoms with E-state index in [1.807, 2.05) is 20.0 Å². The minimum absolute atomic E-state index is 0.124. The van der Waals surface area contributed by atoms with E-state index >= 15 is 0 Å². The van der Waals surface area contributed by atoms with Crippen molar-refractivity contribution in [3.8, 4) is 0 Å². The first-order chi connectivity index (χ1) is 8.49. The minimum atomic E-state index is -0.352. The van der Waals surface area contributed by atoms with Crippen LogP contribution in [-0.4, -0.2) is 24.6 Å². The molecule has 100 valence electrons. The molecular weight excluding hydrogens is 230 g/mol. The number of non-ortho nitro benzene ring substituents is 1. The van der Waals surface area contributed by atoms with Gasteiger partial charge in [0.15, 0.2) is 0 Å². The second kappa shape index (κ2) is 6.23. The van der Waals surface area contributed by atoms with Crippen molar-refractivity contribution in [3.05, 3.63) is 28.3 Å². The van der Waals surface area contributed by atoms with Crippen molar-refractivity contribution < 1.29 is 4.92 Å². The molecule has 18 heavy (non-hydrogen) atoms. The maximum atomic E-state index is 10.9. The van der Waals surface area contributed by atoms with E-state index in [-0.39, 0.29) is 10.6 Å². The van der Waals surface area contributed by atoms with Crippen molar-refractivity contribution in [2.75, 3.05) is 23.8 Å². The second-order valence-corrected chi connectivity index (χ2v) is 4.39. The van der Waals surface area contributed by atoms with Gasteiger partial charge in [0.05, 0.1) is 4.92 Å². The Bertz CT molecular complexity index is 421. The van der Waals surface area contributed by atoms with Gasteiger partial charge in [0, 0.05) is 43.1 Å². The molecule has 0 aliphatic carbocycles. The lowest BCUT2D eigenvalue weighted by Gasteiger charge is -2.26. The summed E-state index contributed by atoms with van der Waals surface area (Å²) in [5.41, 5.74) is 1.78. The van der Waals surface area contributed by atoms with Crippen LogP contribution >= 0.6 is 0 Å². The largest absolute Gasteiger partial charge is 0.385 e. The number of nitrogens with one attached hydrogen (secondary N) is 1. The van der Waals surface area contributed by atoms with Crippen molar-refractivity contribution in [1.29, 1.82) is 0 Å². The van der Waals surface area contributed by atoms with Gasteiger partial charge >= 0.3 is 0 Å². The fraction of sp³-hybridized carbons (Fsp3) is 0.538. The highest BCUT2D eigenvalue weighted by atomic mass is 16.6. The van der Waals surface area contributed by atoms with Gasteiger partial charge in [-0.2, -0.15) is 0 Å². The second-order valence-electron chi connectivity index (χ2n) is 4.39. The molecule has 1 atom stereocenters. The van der Waals surface area contributed by atoms with Crippen LogP contribution in [0.1, 0.15) is 27.2 Å². The van der Waals surface area contributed by atoms with E-state index in [0.717, 1.165) is 24.3 Å². The summed E-state index contributed by atoms with van der Waals surface area (Å²) in [7, 11) is 1.96. The molecule has 5 heteroatoms. The van der Waals surface area contributed by atoms with Gasteiger partial charge < -0.3 is 10.2 Å². The molecule has 1 aromatic rings. The molecule has 0 aliphatic rings. The van der Waals surface area contributed by atoms with Crippen molar-refractivity contribution in [2.24, 2.45) is 0 Å². The summed E-state index contributed by atoms with van der Waals surface area (Å²) >= 11 is 0. The van der Waals surface area contributed by atoms with Crippen LogP contribution in [0.25, 0.3) is 0 Å². The summed E-state index contributed by atoms with van der Waals surface area (Å²) < 4.78 is 0. The standard InChI is InChI=1S/C13H21N3O2/c1-5-10(3)15(4)12-7-11(14-6-2)8-13(9-12)16(17)18/h7-10,14H,5-6H2,1-4H3. The molecular formula is C13H21N3O2. The highest BCUT2D eigenvalue weighted by molar-refractivity contribution is 5.64. The Morgan fingerprint density at radius 3 is 2.56 bits per heavy atom. The number of hydrogen-bond acceptors (Lipinski definition) is 4. The van der Waals surface area contributed by atoms with Crippen molar-refractivity contribution in [3.63, 3.8) is 0 Å². The first-order valence-corrected chi connectivity index (χ1v) is 6.25. The van der Waals surface area contributed by atoms with Crippen LogP contribution in [0.5, 0.6) is 0 Å². The number of nitro benzene ring substituents is 1. The van der Waals surface area contributed by atoms with E-state index in [4.69, 9.17) is 0 Å². The first-order valence-electron chi connectivity index (χ1n) is 6.25. The molecule has 0 radical (unpaired) electrons. The molecule has 0 fully saturated rings. The fourth-order valence-electron chi connectivity index (χ4n) is 1.74. The molecule has 0 heterocycles. The highest BCUT2D eigenvalue weighted by Gasteiger charge is 2.14. The number of hydrogen-bond donors (Lipinski definition) is 1. The molecule has 1 aromatic carbocycles. The average molecular weight is 251 g/mol. The third-order valence-corrected chi connectivity index (χ3v) is 3.15. The summed E-state index contributed by atoms with van der Waals surface area (Å²) in [5.74, 6) is 0. The molecule has 1 unspecified atom stereocenters. The normalized spacial score (nSPS) is 12.0. The number of nitrogens with zero attached hydrogens (tertiary/aromatic N) is 2. The molecule has 0 amide bonds. The van der Waals surface area contributed by atoms with Crippen molar-refractivity contribution in [2.45, 2.75) is 33.2 Å². The van der Waals surface area contributed by atoms with Crippen molar-refractivity contribution in [1.82, 2.24) is 0 Å². The van der Waals surface area contributed by atoms with Gasteiger partial charge in [-0.3, -0.25) is 10.1 Å². The quantitative estimate of drug-likeness (QED) is 0.622. The SMILES string of the molecule is CCNc1cc(N(C)C(C)CC)cc([N+](=O)[O-])c1. The molecule has 0 aliphatic heterocycles. The third kappa shape index (κ3) is 3.35. The Balaban J connectivity index is 3.13. The van der Waals surface area contributed by atoms with E-state index in [1.54, 1.807) is 12.1 Å². The fourth-order valence-corrected chi connectivity index (χ4v) is 1.74. The Morgan fingerprint density at radius 1 is 1.39 bits per heavy atom. The van der Waals surface area contributed by atoms with Crippen LogP contribution < -0.4 is 10.2 Å². The lowest BCUT2D eigenvalue weighted by atomic mass is 10.1. The third-order valence-electron chi connectivity index (χ3n) is 3.15. The van der Waals surface area contributed by atoms with Gasteiger partial charge in [0.2, 0.25) is 0 Å². The smallest absolute Gasteiger partial charge is 0.273 e. The molecule has 0 saturated carbocycles. The van der Waals surface area contributed by atoms with E-state index in [0.29, 0.717) is 6.04 Å². The predicted molar refractivity (Wildman–Crippen MR) is 75.4 cm³/mol. The zero-order valence-electron chi connectivity index (χ0n) is 11.4. The van der Waals surface area contributed by atoms with Gasteiger partial charge in [-0.15, -0.1) is 0 Å². The summed E-state index contributed by atoms with van der Waals surface area (Å²) in [6.07, 6.45) is 0.996. The van der Waals surface area contributed by atoms with Crippen LogP contribution in [0.15, 0.2) is 18.2 Å². The first kappa shape index (κ1) is 14.3. The van der Waals surface area contributed by atoms with Crippen LogP contribution in [0.3, 0.4) is 0 Å². The number of benzene rings is 1. The number of anilines is 2. The van der Waals surface area contributed by atoms with E-state index in [2.05, 4.69) is 24.1 Å². The molecule has 5 nitrogen and oxygen atoms in total. The monoisotopic (exact) mass is 251 g/mol. The summed E-state index contributed by atoms with van der Waals surface area (Å²) in [4.78, 5) is 12.6. The summed E-state index contributed by atoms with van der Waals surface area (Å²) in [6.45, 7) is 6.92. The zero-order chi connectivity index (χ0) is 13.7. The topological polar surface area (TPSA) is 58.4 Å². The lowest BCUT2D eigenvalue weighted by molar-refractivity contribution is -0.384. The zero-order valence-corrected chi connectivity index (χ0v) is 11.4. The molecule has 1 rings (SSSR count). The van der Waals surface area contributed by atoms with E-state index in [1.165, 1.54) is 0 Å². The van der Waals surface area contributed by atoms with Gasteiger partial charge in [0.25, 0.3) is 5.69 Å². The molecule has 0 spiro atoms. The van der Waals surface area contributed by atoms with Crippen LogP contribution in [0.4, 0.5) is 17.1 Å². The number of rotatable bonds is 6. The van der Waals surface area contributed by atoms with Crippen LogP contribution in [-0.2, 0) is 0 Å². The summed E-state index contributed by atoms with van der Waals surface area (Å²) in [5, 5.41) is 14.1. The van der Waals surface area contributed by atoms with Crippen LogP contribution in [0.2, 0.25) is 0 Å². The maximum absolute atomic E-state index is 10.9. The highest BCUT2D eigenvalue weighted by Crippen LogP contribution is 2.27. The average Bonchev–Trinajstić information content (AvgIpc) is 2.36. The van der Waals surface area contributed by atoms with Gasteiger partial charge in [-0.25, -0.2) is 0 Å². The van der Waals surface area contributed by atoms with Crippen LogP contribution in [0, 0.1) is 10.1 Å². The van der Waals surface area contributed by atoms with E-state index in [9.17, 15) is 10.1 Å². The maximum Gasteiger partial charge on any atom is 0.273 e. The Morgan fingerprint density at radius 2 is 2.06 bits per heavy atom. The Hall–Kier alpha value is -1.78. The predicted octanol–water partition coefficient (Wildman–Crippen LogP) is 3.26. The molecule has 0 aromatic heterocycles. The van der Waals surface area contributed by atoms with Gasteiger partial charge in [-0.05, 0) is 26.3 Å². The van der Waals surface area contributed by atoms with E-state index < -0.39 is 0 Å².